The lowest BCUT2D eigenvalue weighted by Crippen LogP contribution is -2.24. The van der Waals surface area contributed by atoms with Crippen LogP contribution in [0.25, 0.3) is 0 Å². The van der Waals surface area contributed by atoms with Gasteiger partial charge in [-0.15, -0.1) is 0 Å². The highest BCUT2D eigenvalue weighted by Crippen LogP contribution is 2.41. The minimum absolute atomic E-state index is 0.0103. The van der Waals surface area contributed by atoms with Crippen molar-refractivity contribution in [1.29, 1.82) is 0 Å². The monoisotopic (exact) mass is 286 g/mol. The molecule has 0 spiro atoms. The fraction of sp³-hybridized carbons (Fsp3) is 0.538. The number of aliphatic hydroxyl groups is 1. The van der Waals surface area contributed by atoms with Crippen LogP contribution >= 0.6 is 15.9 Å². The molecule has 1 aromatic rings. The van der Waals surface area contributed by atoms with Gasteiger partial charge in [0.2, 0.25) is 0 Å². The summed E-state index contributed by atoms with van der Waals surface area (Å²) in [7, 11) is 0. The van der Waals surface area contributed by atoms with Gasteiger partial charge in [-0.05, 0) is 37.5 Å². The molecule has 0 bridgehead atoms. The van der Waals surface area contributed by atoms with Crippen molar-refractivity contribution >= 4 is 15.9 Å². The average molecular weight is 287 g/mol. The second-order valence-corrected chi connectivity index (χ2v) is 5.75. The van der Waals surface area contributed by atoms with Crippen molar-refractivity contribution in [2.75, 3.05) is 6.61 Å². The lowest BCUT2D eigenvalue weighted by atomic mass is 9.80. The molecule has 90 valence electrons. The van der Waals surface area contributed by atoms with Gasteiger partial charge in [-0.25, -0.2) is 0 Å². The van der Waals surface area contributed by atoms with Crippen LogP contribution in [-0.4, -0.2) is 16.8 Å². The predicted molar refractivity (Wildman–Crippen MR) is 70.1 cm³/mol. The number of hydrogen-bond donors (Lipinski definition) is 2. The Balaban J connectivity index is 3.65. The Hall–Kier alpha value is -0.540. The van der Waals surface area contributed by atoms with Crippen molar-refractivity contribution in [2.24, 2.45) is 0 Å². The summed E-state index contributed by atoms with van der Waals surface area (Å²) in [5.41, 5.74) is 3.31. The van der Waals surface area contributed by atoms with Gasteiger partial charge in [0.05, 0.1) is 6.61 Å². The molecule has 0 atom stereocenters. The third-order valence-electron chi connectivity index (χ3n) is 3.26. The Labute approximate surface area is 105 Å². The van der Waals surface area contributed by atoms with E-state index >= 15 is 0 Å². The molecule has 0 heterocycles. The molecule has 2 N–H and O–H groups in total. The summed E-state index contributed by atoms with van der Waals surface area (Å²) in [6.07, 6.45) is 0. The molecule has 0 aliphatic carbocycles. The summed E-state index contributed by atoms with van der Waals surface area (Å²) in [6.45, 7) is 9.69. The Bertz CT molecular complexity index is 393. The summed E-state index contributed by atoms with van der Waals surface area (Å²) < 4.78 is 1.01. The molecule has 16 heavy (non-hydrogen) atoms. The summed E-state index contributed by atoms with van der Waals surface area (Å²) in [5.74, 6) is 0.303. The number of rotatable bonds is 2. The fourth-order valence-corrected chi connectivity index (χ4v) is 2.50. The van der Waals surface area contributed by atoms with Crippen molar-refractivity contribution in [2.45, 2.75) is 40.0 Å². The van der Waals surface area contributed by atoms with Crippen LogP contribution in [0.1, 0.15) is 36.1 Å². The lowest BCUT2D eigenvalue weighted by molar-refractivity contribution is 0.214. The number of benzene rings is 1. The van der Waals surface area contributed by atoms with Crippen LogP contribution in [0.2, 0.25) is 0 Å². The predicted octanol–water partition coefficient (Wildman–Crippen LogP) is 3.35. The molecular formula is C13H19BrO2. The van der Waals surface area contributed by atoms with Gasteiger partial charge in [0.15, 0.2) is 0 Å². The van der Waals surface area contributed by atoms with E-state index in [-0.39, 0.29) is 6.61 Å². The van der Waals surface area contributed by atoms with Crippen LogP contribution in [-0.2, 0) is 5.41 Å². The molecule has 0 saturated heterocycles. The third-order valence-corrected chi connectivity index (χ3v) is 4.45. The second-order valence-electron chi connectivity index (χ2n) is 4.95. The fourth-order valence-electron chi connectivity index (χ4n) is 2.01. The summed E-state index contributed by atoms with van der Waals surface area (Å²) in [4.78, 5) is 0. The van der Waals surface area contributed by atoms with E-state index in [9.17, 15) is 10.2 Å². The molecule has 0 aliphatic rings. The van der Waals surface area contributed by atoms with Gasteiger partial charge < -0.3 is 10.2 Å². The molecule has 0 amide bonds. The maximum Gasteiger partial charge on any atom is 0.122 e. The molecule has 1 rings (SSSR count). The van der Waals surface area contributed by atoms with Crippen molar-refractivity contribution < 1.29 is 10.2 Å². The minimum Gasteiger partial charge on any atom is -0.507 e. The number of hydrogen-bond acceptors (Lipinski definition) is 2. The highest BCUT2D eigenvalue weighted by atomic mass is 79.9. The van der Waals surface area contributed by atoms with Gasteiger partial charge >= 0.3 is 0 Å². The number of aromatic hydroxyl groups is 1. The highest BCUT2D eigenvalue weighted by molar-refractivity contribution is 9.10. The van der Waals surface area contributed by atoms with E-state index in [0.29, 0.717) is 5.75 Å². The number of halogens is 1. The first-order valence-corrected chi connectivity index (χ1v) is 6.13. The summed E-state index contributed by atoms with van der Waals surface area (Å²) in [5, 5.41) is 19.6. The first kappa shape index (κ1) is 13.5. The van der Waals surface area contributed by atoms with E-state index in [1.54, 1.807) is 0 Å². The van der Waals surface area contributed by atoms with E-state index in [0.717, 1.165) is 26.7 Å². The van der Waals surface area contributed by atoms with E-state index in [1.165, 1.54) is 0 Å². The largest absolute Gasteiger partial charge is 0.507 e. The minimum atomic E-state index is -0.435. The van der Waals surface area contributed by atoms with E-state index in [2.05, 4.69) is 15.9 Å². The van der Waals surface area contributed by atoms with Gasteiger partial charge in [0.25, 0.3) is 0 Å². The molecular weight excluding hydrogens is 268 g/mol. The molecule has 2 nitrogen and oxygen atoms in total. The van der Waals surface area contributed by atoms with Gasteiger partial charge in [0, 0.05) is 15.5 Å². The van der Waals surface area contributed by atoms with Gasteiger partial charge in [-0.1, -0.05) is 29.8 Å². The maximum atomic E-state index is 10.2. The van der Waals surface area contributed by atoms with Crippen molar-refractivity contribution in [3.8, 4) is 5.75 Å². The smallest absolute Gasteiger partial charge is 0.122 e. The number of phenols is 1. The Morgan fingerprint density at radius 1 is 1.06 bits per heavy atom. The van der Waals surface area contributed by atoms with E-state index < -0.39 is 5.41 Å². The van der Waals surface area contributed by atoms with Crippen LogP contribution in [0, 0.1) is 20.8 Å². The maximum absolute atomic E-state index is 10.2. The van der Waals surface area contributed by atoms with Crippen molar-refractivity contribution in [3.63, 3.8) is 0 Å². The van der Waals surface area contributed by atoms with Crippen LogP contribution in [0.4, 0.5) is 0 Å². The van der Waals surface area contributed by atoms with Gasteiger partial charge in [-0.2, -0.15) is 0 Å². The molecule has 1 aromatic carbocycles. The van der Waals surface area contributed by atoms with E-state index in [1.807, 2.05) is 34.6 Å². The molecule has 0 fully saturated rings. The SMILES string of the molecule is Cc1c(C)c(Br)c(C)c(C(C)(C)CO)c1O. The van der Waals surface area contributed by atoms with Crippen molar-refractivity contribution in [1.82, 2.24) is 0 Å². The molecule has 0 radical (unpaired) electrons. The number of aliphatic hydroxyl groups excluding tert-OH is 1. The summed E-state index contributed by atoms with van der Waals surface area (Å²) >= 11 is 3.54. The molecule has 3 heteroatoms. The quantitative estimate of drug-likeness (QED) is 0.875. The van der Waals surface area contributed by atoms with Crippen LogP contribution in [0.5, 0.6) is 5.75 Å². The number of phenolic OH excluding ortho intramolecular Hbond substituents is 1. The first-order valence-electron chi connectivity index (χ1n) is 5.33. The second kappa shape index (κ2) is 4.38. The van der Waals surface area contributed by atoms with Crippen LogP contribution < -0.4 is 0 Å². The Morgan fingerprint density at radius 2 is 1.56 bits per heavy atom. The third kappa shape index (κ3) is 1.98. The molecule has 0 aromatic heterocycles. The zero-order chi connectivity index (χ0) is 12.7. The Kier molecular flexibility index (Phi) is 3.70. The first-order chi connectivity index (χ1) is 7.24. The molecule has 0 unspecified atom stereocenters. The van der Waals surface area contributed by atoms with E-state index in [4.69, 9.17) is 0 Å². The van der Waals surface area contributed by atoms with Crippen LogP contribution in [0.15, 0.2) is 4.47 Å². The zero-order valence-corrected chi connectivity index (χ0v) is 12.1. The topological polar surface area (TPSA) is 40.5 Å². The zero-order valence-electron chi connectivity index (χ0n) is 10.5. The average Bonchev–Trinajstić information content (AvgIpc) is 2.23. The van der Waals surface area contributed by atoms with Gasteiger partial charge in [-0.3, -0.25) is 0 Å². The molecule has 0 aliphatic heterocycles. The highest BCUT2D eigenvalue weighted by Gasteiger charge is 2.28. The van der Waals surface area contributed by atoms with Crippen molar-refractivity contribution in [3.05, 3.63) is 26.7 Å². The van der Waals surface area contributed by atoms with Crippen LogP contribution in [0.3, 0.4) is 0 Å². The lowest BCUT2D eigenvalue weighted by Gasteiger charge is -2.28. The standard InChI is InChI=1S/C13H19BrO2/c1-7-8(2)12(16)10(9(3)11(7)14)13(4,5)6-15/h15-16H,6H2,1-5H3. The summed E-state index contributed by atoms with van der Waals surface area (Å²) in [6, 6.07) is 0. The Morgan fingerprint density at radius 3 is 2.00 bits per heavy atom. The molecule has 0 saturated carbocycles. The van der Waals surface area contributed by atoms with Gasteiger partial charge in [0.1, 0.15) is 5.75 Å². The normalized spacial score (nSPS) is 11.9.